The van der Waals surface area contributed by atoms with Gasteiger partial charge in [0.05, 0.1) is 5.69 Å². The highest BCUT2D eigenvalue weighted by Crippen LogP contribution is 2.42. The Bertz CT molecular complexity index is 583. The van der Waals surface area contributed by atoms with Gasteiger partial charge in [-0.2, -0.15) is 13.2 Å². The number of alkyl halides is 3. The standard InChI is InChI=1S/C11H12ClF3N2O2/c1-5-6(12)8(18)9(19)7-10(11(13,14)15)16(2)3-4-17(5)7/h10,19H,3-4H2,1-2H3. The summed E-state index contributed by atoms with van der Waals surface area (Å²) in [6, 6.07) is -2.01. The summed E-state index contributed by atoms with van der Waals surface area (Å²) in [5, 5.41) is 9.51. The van der Waals surface area contributed by atoms with Gasteiger partial charge < -0.3 is 9.67 Å². The molecule has 0 aromatic carbocycles. The van der Waals surface area contributed by atoms with Gasteiger partial charge in [-0.3, -0.25) is 9.69 Å². The molecule has 0 fully saturated rings. The number of aromatic hydroxyl groups is 1. The molecule has 2 heterocycles. The molecule has 1 N–H and O–H groups in total. The highest BCUT2D eigenvalue weighted by atomic mass is 35.5. The van der Waals surface area contributed by atoms with Crippen molar-refractivity contribution < 1.29 is 18.3 Å². The highest BCUT2D eigenvalue weighted by molar-refractivity contribution is 6.31. The van der Waals surface area contributed by atoms with Gasteiger partial charge in [0, 0.05) is 18.8 Å². The van der Waals surface area contributed by atoms with Crippen LogP contribution in [0.15, 0.2) is 4.79 Å². The molecule has 1 aliphatic rings. The molecule has 1 aromatic rings. The summed E-state index contributed by atoms with van der Waals surface area (Å²) in [6.07, 6.45) is -4.58. The molecule has 1 unspecified atom stereocenters. The summed E-state index contributed by atoms with van der Waals surface area (Å²) in [6.45, 7) is 1.85. The Hall–Kier alpha value is -1.21. The van der Waals surface area contributed by atoms with Crippen molar-refractivity contribution in [2.24, 2.45) is 0 Å². The number of halogens is 4. The van der Waals surface area contributed by atoms with E-state index in [1.54, 1.807) is 0 Å². The first-order chi connectivity index (χ1) is 8.66. The normalized spacial score (nSPS) is 20.4. The Morgan fingerprint density at radius 1 is 1.37 bits per heavy atom. The van der Waals surface area contributed by atoms with Gasteiger partial charge in [0.2, 0.25) is 5.43 Å². The van der Waals surface area contributed by atoms with Gasteiger partial charge in [-0.1, -0.05) is 11.6 Å². The minimum atomic E-state index is -4.58. The molecule has 0 radical (unpaired) electrons. The summed E-state index contributed by atoms with van der Waals surface area (Å²) in [7, 11) is 1.30. The third-order valence-electron chi connectivity index (χ3n) is 3.36. The molecular formula is C11H12ClF3N2O2. The predicted molar refractivity (Wildman–Crippen MR) is 63.5 cm³/mol. The van der Waals surface area contributed by atoms with E-state index in [1.165, 1.54) is 18.5 Å². The Labute approximate surface area is 112 Å². The van der Waals surface area contributed by atoms with E-state index < -0.39 is 29.1 Å². The van der Waals surface area contributed by atoms with E-state index in [0.29, 0.717) is 0 Å². The average Bonchev–Trinajstić information content (AvgIpc) is 2.31. The number of likely N-dealkylation sites (N-methyl/N-ethyl adjacent to an activating group) is 1. The van der Waals surface area contributed by atoms with Crippen LogP contribution in [0.3, 0.4) is 0 Å². The molecule has 1 aromatic heterocycles. The fourth-order valence-electron chi connectivity index (χ4n) is 2.38. The van der Waals surface area contributed by atoms with Gasteiger partial charge in [-0.05, 0) is 14.0 Å². The summed E-state index contributed by atoms with van der Waals surface area (Å²) >= 11 is 5.73. The molecular weight excluding hydrogens is 285 g/mol. The molecule has 0 amide bonds. The summed E-state index contributed by atoms with van der Waals surface area (Å²) in [5.74, 6) is -0.926. The molecule has 1 atom stereocenters. The van der Waals surface area contributed by atoms with Crippen LogP contribution in [0.2, 0.25) is 5.02 Å². The first-order valence-corrected chi connectivity index (χ1v) is 5.92. The number of aromatic nitrogens is 1. The second-order valence-electron chi connectivity index (χ2n) is 4.54. The maximum Gasteiger partial charge on any atom is 0.409 e. The largest absolute Gasteiger partial charge is 0.503 e. The Balaban J connectivity index is 2.80. The van der Waals surface area contributed by atoms with Gasteiger partial charge in [-0.15, -0.1) is 0 Å². The molecule has 0 saturated carbocycles. The van der Waals surface area contributed by atoms with E-state index in [1.807, 2.05) is 0 Å². The summed E-state index contributed by atoms with van der Waals surface area (Å²) in [5.41, 5.74) is -1.16. The van der Waals surface area contributed by atoms with Crippen molar-refractivity contribution in [1.29, 1.82) is 0 Å². The van der Waals surface area contributed by atoms with E-state index in [-0.39, 0.29) is 23.8 Å². The molecule has 1 aliphatic heterocycles. The van der Waals surface area contributed by atoms with Crippen LogP contribution in [0.4, 0.5) is 13.2 Å². The number of fused-ring (bicyclic) bond motifs is 1. The summed E-state index contributed by atoms with van der Waals surface area (Å²) < 4.78 is 40.6. The zero-order chi connectivity index (χ0) is 14.5. The lowest BCUT2D eigenvalue weighted by molar-refractivity contribution is -0.189. The van der Waals surface area contributed by atoms with Crippen molar-refractivity contribution in [1.82, 2.24) is 9.47 Å². The molecule has 4 nitrogen and oxygen atoms in total. The first kappa shape index (κ1) is 14.2. The van der Waals surface area contributed by atoms with Crippen LogP contribution in [0.5, 0.6) is 5.75 Å². The Morgan fingerprint density at radius 3 is 2.47 bits per heavy atom. The van der Waals surface area contributed by atoms with Crippen molar-refractivity contribution >= 4 is 11.6 Å². The van der Waals surface area contributed by atoms with Crippen LogP contribution in [-0.4, -0.2) is 34.3 Å². The topological polar surface area (TPSA) is 45.5 Å². The van der Waals surface area contributed by atoms with Crippen LogP contribution in [0.25, 0.3) is 0 Å². The van der Waals surface area contributed by atoms with Gasteiger partial charge >= 0.3 is 6.18 Å². The smallest absolute Gasteiger partial charge is 0.409 e. The number of nitrogens with zero attached hydrogens (tertiary/aromatic N) is 2. The quantitative estimate of drug-likeness (QED) is 0.797. The Kier molecular flexibility index (Phi) is 3.30. The van der Waals surface area contributed by atoms with Crippen LogP contribution in [0, 0.1) is 6.92 Å². The minimum Gasteiger partial charge on any atom is -0.503 e. The minimum absolute atomic E-state index is 0.149. The number of pyridine rings is 1. The molecule has 0 saturated heterocycles. The first-order valence-electron chi connectivity index (χ1n) is 5.55. The predicted octanol–water partition coefficient (Wildman–Crippen LogP) is 2.06. The highest BCUT2D eigenvalue weighted by Gasteiger charge is 2.48. The SMILES string of the molecule is Cc1c(Cl)c(=O)c(O)c2n1CCN(C)C2C(F)(F)F. The zero-order valence-corrected chi connectivity index (χ0v) is 11.0. The fraction of sp³-hybridized carbons (Fsp3) is 0.545. The lowest BCUT2D eigenvalue weighted by Crippen LogP contribution is -2.44. The monoisotopic (exact) mass is 296 g/mol. The third-order valence-corrected chi connectivity index (χ3v) is 3.80. The van der Waals surface area contributed by atoms with Gasteiger partial charge in [0.25, 0.3) is 0 Å². The van der Waals surface area contributed by atoms with E-state index in [4.69, 9.17) is 11.6 Å². The maximum atomic E-state index is 13.1. The second kappa shape index (κ2) is 4.42. The van der Waals surface area contributed by atoms with Crippen LogP contribution >= 0.6 is 11.6 Å². The number of hydrogen-bond donors (Lipinski definition) is 1. The average molecular weight is 297 g/mol. The molecule has 19 heavy (non-hydrogen) atoms. The van der Waals surface area contributed by atoms with Crippen LogP contribution < -0.4 is 5.43 Å². The van der Waals surface area contributed by atoms with E-state index in [9.17, 15) is 23.1 Å². The third kappa shape index (κ3) is 2.10. The molecule has 0 aliphatic carbocycles. The van der Waals surface area contributed by atoms with Crippen molar-refractivity contribution in [2.45, 2.75) is 25.7 Å². The van der Waals surface area contributed by atoms with Crippen molar-refractivity contribution in [3.05, 3.63) is 26.6 Å². The van der Waals surface area contributed by atoms with Crippen molar-refractivity contribution in [2.75, 3.05) is 13.6 Å². The fourth-order valence-corrected chi connectivity index (χ4v) is 2.57. The van der Waals surface area contributed by atoms with E-state index in [2.05, 4.69) is 0 Å². The maximum absolute atomic E-state index is 13.1. The summed E-state index contributed by atoms with van der Waals surface area (Å²) in [4.78, 5) is 12.7. The molecule has 106 valence electrons. The number of hydrogen-bond acceptors (Lipinski definition) is 3. The second-order valence-corrected chi connectivity index (χ2v) is 4.92. The van der Waals surface area contributed by atoms with Crippen LogP contribution in [0.1, 0.15) is 17.4 Å². The number of rotatable bonds is 0. The van der Waals surface area contributed by atoms with Gasteiger partial charge in [0.1, 0.15) is 5.02 Å². The zero-order valence-electron chi connectivity index (χ0n) is 10.3. The molecule has 8 heteroatoms. The Morgan fingerprint density at radius 2 is 1.95 bits per heavy atom. The molecule has 0 bridgehead atoms. The van der Waals surface area contributed by atoms with Crippen molar-refractivity contribution in [3.8, 4) is 5.75 Å². The van der Waals surface area contributed by atoms with E-state index in [0.717, 1.165) is 4.90 Å². The van der Waals surface area contributed by atoms with Gasteiger partial charge in [-0.25, -0.2) is 0 Å². The van der Waals surface area contributed by atoms with Crippen LogP contribution in [-0.2, 0) is 6.54 Å². The molecule has 2 rings (SSSR count). The van der Waals surface area contributed by atoms with E-state index >= 15 is 0 Å². The van der Waals surface area contributed by atoms with Crippen molar-refractivity contribution in [3.63, 3.8) is 0 Å². The van der Waals surface area contributed by atoms with Gasteiger partial charge in [0.15, 0.2) is 11.8 Å². The lowest BCUT2D eigenvalue weighted by atomic mass is 10.1. The lowest BCUT2D eigenvalue weighted by Gasteiger charge is -2.37. The molecule has 0 spiro atoms.